The molecule has 0 atom stereocenters. The van der Waals surface area contributed by atoms with Crippen LogP contribution in [-0.2, 0) is 13.5 Å². The van der Waals surface area contributed by atoms with Gasteiger partial charge in [0.2, 0.25) is 0 Å². The van der Waals surface area contributed by atoms with Crippen LogP contribution in [-0.4, -0.2) is 33.5 Å². The van der Waals surface area contributed by atoms with E-state index in [2.05, 4.69) is 31.9 Å². The Balaban J connectivity index is 1.37. The fourth-order valence-corrected chi connectivity index (χ4v) is 3.26. The summed E-state index contributed by atoms with van der Waals surface area (Å²) in [6.07, 6.45) is 12.6. The molecule has 0 aliphatic heterocycles. The summed E-state index contributed by atoms with van der Waals surface area (Å²) in [5.41, 5.74) is 4.87. The van der Waals surface area contributed by atoms with Gasteiger partial charge in [-0.05, 0) is 66.8 Å². The number of hydrogen-bond donors (Lipinski definition) is 1. The number of rotatable bonds is 9. The lowest BCUT2D eigenvalue weighted by Crippen LogP contribution is -2.03. The number of pyridine rings is 1. The Morgan fingerprint density at radius 1 is 1.00 bits per heavy atom. The van der Waals surface area contributed by atoms with Crippen LogP contribution < -0.4 is 9.47 Å². The molecule has 0 unspecified atom stereocenters. The summed E-state index contributed by atoms with van der Waals surface area (Å²) in [6.45, 7) is 0.557. The number of nitrogens with zero attached hydrogens (tertiary/aromatic N) is 3. The molecule has 0 aliphatic carbocycles. The normalized spacial score (nSPS) is 11.4. The number of aromatic amines is 1. The first-order valence-corrected chi connectivity index (χ1v) is 10.4. The van der Waals surface area contributed by atoms with Crippen molar-refractivity contribution in [1.82, 2.24) is 19.7 Å². The summed E-state index contributed by atoms with van der Waals surface area (Å²) in [5.74, 6) is 1.51. The second kappa shape index (κ2) is 10.3. The van der Waals surface area contributed by atoms with Gasteiger partial charge >= 0.3 is 0 Å². The molecule has 3 aromatic heterocycles. The van der Waals surface area contributed by atoms with Crippen LogP contribution in [0.3, 0.4) is 0 Å². The Labute approximate surface area is 187 Å². The third kappa shape index (κ3) is 5.55. The average Bonchev–Trinajstić information content (AvgIpc) is 3.45. The van der Waals surface area contributed by atoms with Crippen molar-refractivity contribution in [2.45, 2.75) is 6.42 Å². The maximum absolute atomic E-state index is 5.87. The Morgan fingerprint density at radius 3 is 2.72 bits per heavy atom. The van der Waals surface area contributed by atoms with Gasteiger partial charge in [0.05, 0.1) is 25.1 Å². The van der Waals surface area contributed by atoms with Gasteiger partial charge in [0.1, 0.15) is 11.5 Å². The Bertz CT molecular complexity index is 1210. The summed E-state index contributed by atoms with van der Waals surface area (Å²) in [5, 5.41) is 7.40. The Hall–Kier alpha value is -4.06. The molecule has 162 valence electrons. The van der Waals surface area contributed by atoms with E-state index in [9.17, 15) is 0 Å². The second-order valence-corrected chi connectivity index (χ2v) is 7.28. The number of hydrogen-bond acceptors (Lipinski definition) is 4. The van der Waals surface area contributed by atoms with Crippen molar-refractivity contribution >= 4 is 24.3 Å². The topological polar surface area (TPSA) is 65.0 Å². The minimum absolute atomic E-state index is 0.557. The van der Waals surface area contributed by atoms with Crippen molar-refractivity contribution in [1.29, 1.82) is 0 Å². The summed E-state index contributed by atoms with van der Waals surface area (Å²) in [6, 6.07) is 17.8. The van der Waals surface area contributed by atoms with E-state index in [4.69, 9.17) is 9.47 Å². The summed E-state index contributed by atoms with van der Waals surface area (Å²) >= 11 is 0. The molecule has 0 bridgehead atoms. The largest absolute Gasteiger partial charge is 0.496 e. The van der Waals surface area contributed by atoms with Gasteiger partial charge in [0.25, 0.3) is 0 Å². The highest BCUT2D eigenvalue weighted by atomic mass is 16.5. The van der Waals surface area contributed by atoms with Crippen molar-refractivity contribution in [2.24, 2.45) is 7.05 Å². The highest BCUT2D eigenvalue weighted by Gasteiger charge is 2.04. The average molecular weight is 427 g/mol. The van der Waals surface area contributed by atoms with Crippen LogP contribution in [0.1, 0.15) is 28.3 Å². The minimum Gasteiger partial charge on any atom is -0.496 e. The van der Waals surface area contributed by atoms with Gasteiger partial charge in [0.15, 0.2) is 0 Å². The second-order valence-electron chi connectivity index (χ2n) is 7.28. The third-order valence-electron chi connectivity index (χ3n) is 5.03. The van der Waals surface area contributed by atoms with Crippen LogP contribution in [0.5, 0.6) is 11.5 Å². The first kappa shape index (κ1) is 21.2. The van der Waals surface area contributed by atoms with Crippen LogP contribution in [0.15, 0.2) is 67.0 Å². The van der Waals surface area contributed by atoms with Gasteiger partial charge in [0, 0.05) is 48.9 Å². The molecule has 4 aromatic rings. The highest BCUT2D eigenvalue weighted by Crippen LogP contribution is 2.26. The SMILES string of the molecule is COc1cc(OCCc2ccccn2)ccc1/C=C/c1cc(/C=C/c2cccn2C)[nH]n1. The monoisotopic (exact) mass is 426 g/mol. The molecule has 6 nitrogen and oxygen atoms in total. The molecule has 0 saturated carbocycles. The summed E-state index contributed by atoms with van der Waals surface area (Å²) in [4.78, 5) is 4.31. The molecule has 0 amide bonds. The molecule has 4 rings (SSSR count). The number of ether oxygens (including phenoxy) is 2. The Kier molecular flexibility index (Phi) is 6.82. The number of aromatic nitrogens is 4. The van der Waals surface area contributed by atoms with Gasteiger partial charge in [-0.25, -0.2) is 0 Å². The maximum atomic E-state index is 5.87. The third-order valence-corrected chi connectivity index (χ3v) is 5.03. The van der Waals surface area contributed by atoms with Crippen molar-refractivity contribution in [3.63, 3.8) is 0 Å². The lowest BCUT2D eigenvalue weighted by Gasteiger charge is -2.10. The zero-order valence-corrected chi connectivity index (χ0v) is 18.2. The molecule has 1 aromatic carbocycles. The summed E-state index contributed by atoms with van der Waals surface area (Å²) in [7, 11) is 3.68. The van der Waals surface area contributed by atoms with E-state index in [0.29, 0.717) is 6.61 Å². The van der Waals surface area contributed by atoms with Crippen molar-refractivity contribution in [2.75, 3.05) is 13.7 Å². The quantitative estimate of drug-likeness (QED) is 0.404. The van der Waals surface area contributed by atoms with Crippen molar-refractivity contribution in [3.05, 3.63) is 95.3 Å². The van der Waals surface area contributed by atoms with E-state index >= 15 is 0 Å². The molecule has 6 heteroatoms. The van der Waals surface area contributed by atoms with Gasteiger partial charge < -0.3 is 14.0 Å². The fourth-order valence-electron chi connectivity index (χ4n) is 3.26. The molecule has 3 heterocycles. The van der Waals surface area contributed by atoms with Gasteiger partial charge in [-0.2, -0.15) is 5.10 Å². The van der Waals surface area contributed by atoms with Crippen molar-refractivity contribution in [3.8, 4) is 11.5 Å². The molecule has 1 N–H and O–H groups in total. The van der Waals surface area contributed by atoms with Gasteiger partial charge in [-0.1, -0.05) is 6.07 Å². The fraction of sp³-hybridized carbons (Fsp3) is 0.154. The number of H-pyrrole nitrogens is 1. The van der Waals surface area contributed by atoms with E-state index in [1.165, 1.54) is 0 Å². The predicted molar refractivity (Wildman–Crippen MR) is 128 cm³/mol. The van der Waals surface area contributed by atoms with Crippen molar-refractivity contribution < 1.29 is 9.47 Å². The molecule has 32 heavy (non-hydrogen) atoms. The molecular weight excluding hydrogens is 400 g/mol. The van der Waals surface area contributed by atoms with E-state index < -0.39 is 0 Å². The minimum atomic E-state index is 0.557. The lowest BCUT2D eigenvalue weighted by atomic mass is 10.1. The number of benzene rings is 1. The van der Waals surface area contributed by atoms with Crippen LogP contribution >= 0.6 is 0 Å². The zero-order chi connectivity index (χ0) is 22.2. The Morgan fingerprint density at radius 2 is 1.94 bits per heavy atom. The van der Waals surface area contributed by atoms with E-state index in [1.807, 2.05) is 80.0 Å². The van der Waals surface area contributed by atoms with Crippen LogP contribution in [0.2, 0.25) is 0 Å². The van der Waals surface area contributed by atoms with E-state index in [1.54, 1.807) is 13.3 Å². The number of nitrogens with one attached hydrogen (secondary N) is 1. The molecule has 0 radical (unpaired) electrons. The molecular formula is C26H26N4O2. The standard InChI is InChI=1S/C26H26N4O2/c1-30-16-5-7-24(30)12-11-23-18-22(28-29-23)10-8-20-9-13-25(19-26(20)31-2)32-17-14-21-6-3-4-15-27-21/h3-13,15-16,18-19H,14,17H2,1-2H3,(H,28,29)/b10-8+,12-11+. The first-order chi connectivity index (χ1) is 15.7. The molecule has 0 spiro atoms. The highest BCUT2D eigenvalue weighted by molar-refractivity contribution is 5.73. The predicted octanol–water partition coefficient (Wildman–Crippen LogP) is 5.11. The summed E-state index contributed by atoms with van der Waals surface area (Å²) < 4.78 is 13.5. The number of aryl methyl sites for hydroxylation is 1. The molecule has 0 fully saturated rings. The van der Waals surface area contributed by atoms with Crippen LogP contribution in [0, 0.1) is 0 Å². The number of methoxy groups -OCH3 is 1. The maximum Gasteiger partial charge on any atom is 0.129 e. The van der Waals surface area contributed by atoms with Crippen LogP contribution in [0.4, 0.5) is 0 Å². The lowest BCUT2D eigenvalue weighted by molar-refractivity contribution is 0.317. The van der Waals surface area contributed by atoms with Crippen LogP contribution in [0.25, 0.3) is 24.3 Å². The molecule has 0 saturated heterocycles. The zero-order valence-electron chi connectivity index (χ0n) is 18.2. The van der Waals surface area contributed by atoms with E-state index in [-0.39, 0.29) is 0 Å². The van der Waals surface area contributed by atoms with Gasteiger partial charge in [-0.15, -0.1) is 0 Å². The first-order valence-electron chi connectivity index (χ1n) is 10.4. The van der Waals surface area contributed by atoms with Gasteiger partial charge in [-0.3, -0.25) is 10.1 Å². The van der Waals surface area contributed by atoms with E-state index in [0.717, 1.165) is 46.3 Å². The smallest absolute Gasteiger partial charge is 0.129 e. The molecule has 0 aliphatic rings.